The third kappa shape index (κ3) is 6.77. The minimum atomic E-state index is -3.46. The van der Waals surface area contributed by atoms with Gasteiger partial charge in [-0.25, -0.2) is 13.1 Å². The van der Waals surface area contributed by atoms with Gasteiger partial charge in [-0.1, -0.05) is 42.0 Å². The summed E-state index contributed by atoms with van der Waals surface area (Å²) in [5.41, 5.74) is 1.03. The number of aliphatic carboxylic acids is 1. The number of carbonyl (C=O) groups is 1. The van der Waals surface area contributed by atoms with E-state index in [4.69, 9.17) is 5.11 Å². The molecule has 142 valence electrons. The molecule has 1 aliphatic rings. The van der Waals surface area contributed by atoms with E-state index in [2.05, 4.69) is 10.8 Å². The van der Waals surface area contributed by atoms with Crippen LogP contribution < -0.4 is 4.72 Å². The Hall–Kier alpha value is -1.92. The summed E-state index contributed by atoms with van der Waals surface area (Å²) in [7, 11) is -3.46. The van der Waals surface area contributed by atoms with Crippen LogP contribution in [-0.4, -0.2) is 25.5 Å². The molecule has 0 bridgehead atoms. The van der Waals surface area contributed by atoms with Crippen molar-refractivity contribution in [1.82, 2.24) is 4.72 Å². The van der Waals surface area contributed by atoms with Crippen molar-refractivity contribution >= 4 is 16.0 Å². The number of carboxylic acids is 1. The van der Waals surface area contributed by atoms with Crippen LogP contribution in [0.15, 0.2) is 53.5 Å². The van der Waals surface area contributed by atoms with Gasteiger partial charge in [0, 0.05) is 12.5 Å². The van der Waals surface area contributed by atoms with Gasteiger partial charge in [0.25, 0.3) is 0 Å². The SMILES string of the molecule is Cc1ccc(S(=O)(=O)NC2CCC(C=CC=CCCCC(=O)O)C2)cc1. The van der Waals surface area contributed by atoms with Crippen molar-refractivity contribution in [2.45, 2.75) is 56.4 Å². The van der Waals surface area contributed by atoms with E-state index >= 15 is 0 Å². The van der Waals surface area contributed by atoms with Gasteiger partial charge in [0.05, 0.1) is 4.90 Å². The van der Waals surface area contributed by atoms with Crippen LogP contribution >= 0.6 is 0 Å². The maximum Gasteiger partial charge on any atom is 0.303 e. The first kappa shape index (κ1) is 20.4. The molecule has 0 radical (unpaired) electrons. The first-order valence-electron chi connectivity index (χ1n) is 9.01. The Balaban J connectivity index is 1.77. The fraction of sp³-hybridized carbons (Fsp3) is 0.450. The standard InChI is InChI=1S/C20H27NO4S/c1-16-9-13-19(14-10-16)26(24,25)21-18-12-11-17(15-18)7-5-3-2-4-6-8-20(22)23/h2-3,5,7,9-10,13-14,17-18,21H,4,6,8,11-12,15H2,1H3,(H,22,23). The second kappa shape index (κ2) is 9.69. The van der Waals surface area contributed by atoms with E-state index in [9.17, 15) is 13.2 Å². The van der Waals surface area contributed by atoms with Crippen LogP contribution in [0.3, 0.4) is 0 Å². The number of hydrogen-bond acceptors (Lipinski definition) is 3. The summed E-state index contributed by atoms with van der Waals surface area (Å²) in [6.45, 7) is 1.93. The summed E-state index contributed by atoms with van der Waals surface area (Å²) < 4.78 is 27.7. The van der Waals surface area contributed by atoms with Gasteiger partial charge < -0.3 is 5.11 Å². The van der Waals surface area contributed by atoms with Gasteiger partial charge in [-0.15, -0.1) is 0 Å². The summed E-state index contributed by atoms with van der Waals surface area (Å²) >= 11 is 0. The molecule has 1 saturated carbocycles. The predicted octanol–water partition coefficient (Wildman–Crippen LogP) is 3.81. The molecule has 5 nitrogen and oxygen atoms in total. The number of allylic oxidation sites excluding steroid dienone is 4. The number of aryl methyl sites for hydroxylation is 1. The van der Waals surface area contributed by atoms with Crippen LogP contribution in [0.1, 0.15) is 44.1 Å². The van der Waals surface area contributed by atoms with Crippen molar-refractivity contribution in [3.8, 4) is 0 Å². The zero-order chi connectivity index (χ0) is 19.0. The van der Waals surface area contributed by atoms with E-state index < -0.39 is 16.0 Å². The zero-order valence-electron chi connectivity index (χ0n) is 15.1. The molecule has 1 aromatic carbocycles. The van der Waals surface area contributed by atoms with E-state index in [1.54, 1.807) is 24.3 Å². The summed E-state index contributed by atoms with van der Waals surface area (Å²) in [5.74, 6) is -0.400. The van der Waals surface area contributed by atoms with Crippen molar-refractivity contribution in [2.24, 2.45) is 5.92 Å². The topological polar surface area (TPSA) is 83.5 Å². The smallest absolute Gasteiger partial charge is 0.303 e. The highest BCUT2D eigenvalue weighted by atomic mass is 32.2. The number of unbranched alkanes of at least 4 members (excludes halogenated alkanes) is 1. The van der Waals surface area contributed by atoms with Gasteiger partial charge in [-0.05, 0) is 57.1 Å². The maximum absolute atomic E-state index is 12.4. The fourth-order valence-electron chi connectivity index (χ4n) is 3.07. The summed E-state index contributed by atoms with van der Waals surface area (Å²) in [6.07, 6.45) is 12.2. The van der Waals surface area contributed by atoms with Crippen molar-refractivity contribution in [3.63, 3.8) is 0 Å². The van der Waals surface area contributed by atoms with E-state index in [1.807, 2.05) is 25.2 Å². The third-order valence-corrected chi connectivity index (χ3v) is 6.05. The highest BCUT2D eigenvalue weighted by Crippen LogP contribution is 2.28. The molecule has 6 heteroatoms. The molecule has 0 heterocycles. The average molecular weight is 378 g/mol. The Morgan fingerprint density at radius 1 is 1.23 bits per heavy atom. The zero-order valence-corrected chi connectivity index (χ0v) is 15.9. The normalized spacial score (nSPS) is 21.0. The second-order valence-electron chi connectivity index (χ2n) is 6.80. The van der Waals surface area contributed by atoms with Crippen LogP contribution in [-0.2, 0) is 14.8 Å². The predicted molar refractivity (Wildman–Crippen MR) is 102 cm³/mol. The maximum atomic E-state index is 12.4. The van der Waals surface area contributed by atoms with Gasteiger partial charge >= 0.3 is 5.97 Å². The van der Waals surface area contributed by atoms with Crippen LogP contribution in [0.25, 0.3) is 0 Å². The van der Waals surface area contributed by atoms with E-state index in [1.165, 1.54) is 0 Å². The lowest BCUT2D eigenvalue weighted by molar-refractivity contribution is -0.137. The Morgan fingerprint density at radius 3 is 2.65 bits per heavy atom. The first-order chi connectivity index (χ1) is 12.4. The molecular weight excluding hydrogens is 350 g/mol. The Labute approximate surface area is 155 Å². The highest BCUT2D eigenvalue weighted by Gasteiger charge is 2.27. The minimum Gasteiger partial charge on any atom is -0.481 e. The first-order valence-corrected chi connectivity index (χ1v) is 10.5. The van der Waals surface area contributed by atoms with E-state index in [0.717, 1.165) is 31.2 Å². The monoisotopic (exact) mass is 377 g/mol. The Morgan fingerprint density at radius 2 is 1.96 bits per heavy atom. The molecule has 2 unspecified atom stereocenters. The number of rotatable bonds is 9. The van der Waals surface area contributed by atoms with Crippen LogP contribution in [0.5, 0.6) is 0 Å². The quantitative estimate of drug-likeness (QED) is 0.506. The number of carboxylic acid groups (broad SMARTS) is 1. The number of benzene rings is 1. The van der Waals surface area contributed by atoms with Crippen LogP contribution in [0.4, 0.5) is 0 Å². The summed E-state index contributed by atoms with van der Waals surface area (Å²) in [4.78, 5) is 10.7. The third-order valence-electron chi connectivity index (χ3n) is 4.52. The van der Waals surface area contributed by atoms with Crippen LogP contribution in [0, 0.1) is 12.8 Å². The molecule has 2 rings (SSSR count). The summed E-state index contributed by atoms with van der Waals surface area (Å²) in [6, 6.07) is 6.85. The molecule has 1 aromatic rings. The van der Waals surface area contributed by atoms with Crippen LogP contribution in [0.2, 0.25) is 0 Å². The number of hydrogen-bond donors (Lipinski definition) is 2. The fourth-order valence-corrected chi connectivity index (χ4v) is 4.35. The van der Waals surface area contributed by atoms with Crippen molar-refractivity contribution in [2.75, 3.05) is 0 Å². The lowest BCUT2D eigenvalue weighted by Gasteiger charge is -2.13. The van der Waals surface area contributed by atoms with Gasteiger partial charge in [0.15, 0.2) is 0 Å². The van der Waals surface area contributed by atoms with E-state index in [0.29, 0.717) is 17.2 Å². The molecular formula is C20H27NO4S. The van der Waals surface area contributed by atoms with Crippen molar-refractivity contribution < 1.29 is 18.3 Å². The summed E-state index contributed by atoms with van der Waals surface area (Å²) in [5, 5.41) is 8.56. The second-order valence-corrected chi connectivity index (χ2v) is 8.52. The lowest BCUT2D eigenvalue weighted by atomic mass is 10.1. The largest absolute Gasteiger partial charge is 0.481 e. The van der Waals surface area contributed by atoms with Gasteiger partial charge in [-0.2, -0.15) is 0 Å². The van der Waals surface area contributed by atoms with E-state index in [-0.39, 0.29) is 12.5 Å². The number of sulfonamides is 1. The molecule has 1 fully saturated rings. The minimum absolute atomic E-state index is 0.0319. The molecule has 0 aromatic heterocycles. The molecule has 2 atom stereocenters. The highest BCUT2D eigenvalue weighted by molar-refractivity contribution is 7.89. The average Bonchev–Trinajstić information content (AvgIpc) is 3.00. The Kier molecular flexibility index (Phi) is 7.60. The molecule has 0 spiro atoms. The molecule has 0 amide bonds. The van der Waals surface area contributed by atoms with Crippen molar-refractivity contribution in [3.05, 3.63) is 54.1 Å². The molecule has 1 aliphatic carbocycles. The molecule has 26 heavy (non-hydrogen) atoms. The van der Waals surface area contributed by atoms with Gasteiger partial charge in [0.1, 0.15) is 0 Å². The Bertz CT molecular complexity index is 751. The van der Waals surface area contributed by atoms with Gasteiger partial charge in [0.2, 0.25) is 10.0 Å². The lowest BCUT2D eigenvalue weighted by Crippen LogP contribution is -2.32. The molecule has 0 saturated heterocycles. The molecule has 0 aliphatic heterocycles. The molecule has 2 N–H and O–H groups in total. The van der Waals surface area contributed by atoms with Gasteiger partial charge in [-0.3, -0.25) is 4.79 Å². The number of nitrogens with one attached hydrogen (secondary N) is 1. The van der Waals surface area contributed by atoms with Crippen molar-refractivity contribution in [1.29, 1.82) is 0 Å².